The fourth-order valence-electron chi connectivity index (χ4n) is 3.88. The van der Waals surface area contributed by atoms with Crippen LogP contribution < -0.4 is 5.32 Å². The van der Waals surface area contributed by atoms with E-state index in [0.717, 1.165) is 6.42 Å². The van der Waals surface area contributed by atoms with Crippen molar-refractivity contribution < 1.29 is 0 Å². The van der Waals surface area contributed by atoms with Crippen molar-refractivity contribution in [2.75, 3.05) is 5.32 Å². The molecule has 1 heterocycles. The monoisotopic (exact) mass is 269 g/mol. The van der Waals surface area contributed by atoms with Gasteiger partial charge < -0.3 is 5.32 Å². The molecule has 1 unspecified atom stereocenters. The van der Waals surface area contributed by atoms with E-state index in [1.807, 2.05) is 0 Å². The normalized spacial score (nSPS) is 24.8. The molecule has 0 amide bonds. The fraction of sp³-hybridized carbons (Fsp3) is 0.100. The Morgan fingerprint density at radius 2 is 1.81 bits per heavy atom. The minimum absolute atomic E-state index is 0.0909. The molecule has 1 atom stereocenters. The number of benzene rings is 2. The Morgan fingerprint density at radius 3 is 2.71 bits per heavy atom. The average molecular weight is 269 g/mol. The Labute approximate surface area is 124 Å². The Kier molecular flexibility index (Phi) is 2.00. The summed E-state index contributed by atoms with van der Waals surface area (Å²) >= 11 is 0. The molecule has 1 spiro atoms. The zero-order valence-electron chi connectivity index (χ0n) is 11.6. The molecule has 3 aliphatic rings. The van der Waals surface area contributed by atoms with E-state index in [9.17, 15) is 0 Å². The lowest BCUT2D eigenvalue weighted by molar-refractivity contribution is 0.766. The molecule has 0 radical (unpaired) electrons. The van der Waals surface area contributed by atoms with Gasteiger partial charge in [-0.15, -0.1) is 0 Å². The van der Waals surface area contributed by atoms with E-state index in [2.05, 4.69) is 78.2 Å². The topological polar surface area (TPSA) is 12.0 Å². The van der Waals surface area contributed by atoms with Crippen LogP contribution in [0.1, 0.15) is 12.0 Å². The van der Waals surface area contributed by atoms with Gasteiger partial charge in [-0.1, -0.05) is 60.7 Å². The maximum Gasteiger partial charge on any atom is 0.0799 e. The number of nitrogens with one attached hydrogen (secondary N) is 1. The highest BCUT2D eigenvalue weighted by molar-refractivity contribution is 5.92. The van der Waals surface area contributed by atoms with Crippen molar-refractivity contribution in [2.45, 2.75) is 11.8 Å². The van der Waals surface area contributed by atoms with Crippen molar-refractivity contribution in [1.29, 1.82) is 0 Å². The molecule has 21 heavy (non-hydrogen) atoms. The molecule has 2 aliphatic carbocycles. The summed E-state index contributed by atoms with van der Waals surface area (Å²) in [4.78, 5) is 0. The van der Waals surface area contributed by atoms with Crippen molar-refractivity contribution in [1.82, 2.24) is 0 Å². The zero-order valence-corrected chi connectivity index (χ0v) is 11.6. The van der Waals surface area contributed by atoms with Gasteiger partial charge in [0.2, 0.25) is 0 Å². The van der Waals surface area contributed by atoms with Crippen molar-refractivity contribution in [3.05, 3.63) is 89.7 Å². The first-order valence-corrected chi connectivity index (χ1v) is 7.45. The number of allylic oxidation sites excluding steroid dienone is 6. The number of anilines is 1. The van der Waals surface area contributed by atoms with E-state index < -0.39 is 0 Å². The van der Waals surface area contributed by atoms with E-state index in [-0.39, 0.29) is 5.41 Å². The van der Waals surface area contributed by atoms with Crippen LogP contribution in [-0.2, 0) is 5.41 Å². The van der Waals surface area contributed by atoms with Crippen molar-refractivity contribution >= 4 is 16.5 Å². The number of hydrogen-bond acceptors (Lipinski definition) is 1. The van der Waals surface area contributed by atoms with Gasteiger partial charge in [0.05, 0.1) is 5.41 Å². The van der Waals surface area contributed by atoms with Gasteiger partial charge in [-0.25, -0.2) is 0 Å². The van der Waals surface area contributed by atoms with E-state index >= 15 is 0 Å². The number of fused-ring (bicyclic) bond motifs is 2. The van der Waals surface area contributed by atoms with Crippen LogP contribution in [0.2, 0.25) is 0 Å². The van der Waals surface area contributed by atoms with Gasteiger partial charge >= 0.3 is 0 Å². The van der Waals surface area contributed by atoms with E-state index in [4.69, 9.17) is 0 Å². The first-order chi connectivity index (χ1) is 10.4. The third-order valence-electron chi connectivity index (χ3n) is 4.85. The lowest BCUT2D eigenvalue weighted by Crippen LogP contribution is -2.29. The highest BCUT2D eigenvalue weighted by atomic mass is 15.0. The Balaban J connectivity index is 1.87. The van der Waals surface area contributed by atoms with E-state index in [0.29, 0.717) is 0 Å². The predicted octanol–water partition coefficient (Wildman–Crippen LogP) is 4.84. The molecule has 1 heteroatoms. The van der Waals surface area contributed by atoms with Gasteiger partial charge in [-0.3, -0.25) is 0 Å². The van der Waals surface area contributed by atoms with Gasteiger partial charge in [0, 0.05) is 11.4 Å². The summed E-state index contributed by atoms with van der Waals surface area (Å²) < 4.78 is 0. The molecule has 0 fully saturated rings. The number of rotatable bonds is 0. The molecule has 0 aromatic heterocycles. The van der Waals surface area contributed by atoms with Crippen molar-refractivity contribution in [3.63, 3.8) is 0 Å². The lowest BCUT2D eigenvalue weighted by atomic mass is 9.69. The van der Waals surface area contributed by atoms with Crippen LogP contribution in [-0.4, -0.2) is 0 Å². The largest absolute Gasteiger partial charge is 0.358 e. The van der Waals surface area contributed by atoms with E-state index in [1.54, 1.807) is 0 Å². The summed E-state index contributed by atoms with van der Waals surface area (Å²) in [5.74, 6) is 0. The van der Waals surface area contributed by atoms with Crippen molar-refractivity contribution in [2.24, 2.45) is 0 Å². The van der Waals surface area contributed by atoms with Crippen LogP contribution in [0.4, 0.5) is 5.69 Å². The van der Waals surface area contributed by atoms with Gasteiger partial charge in [-0.2, -0.15) is 0 Å². The van der Waals surface area contributed by atoms with Crippen LogP contribution in [0.25, 0.3) is 10.8 Å². The minimum Gasteiger partial charge on any atom is -0.358 e. The quantitative estimate of drug-likeness (QED) is 0.721. The first kappa shape index (κ1) is 11.2. The third-order valence-corrected chi connectivity index (χ3v) is 4.85. The molecule has 1 N–H and O–H groups in total. The molecular weight excluding hydrogens is 254 g/mol. The SMILES string of the molecule is C1=CC2=CCC=C3Nc4cc5ccccc5cc4C23C=C1. The zero-order chi connectivity index (χ0) is 13.9. The molecule has 1 nitrogen and oxygen atoms in total. The summed E-state index contributed by atoms with van der Waals surface area (Å²) in [5.41, 5.74) is 5.23. The smallest absolute Gasteiger partial charge is 0.0799 e. The van der Waals surface area contributed by atoms with Crippen LogP contribution in [0.5, 0.6) is 0 Å². The first-order valence-electron chi connectivity index (χ1n) is 7.45. The minimum atomic E-state index is -0.0909. The van der Waals surface area contributed by atoms with Gasteiger partial charge in [-0.05, 0) is 40.5 Å². The predicted molar refractivity (Wildman–Crippen MR) is 88.3 cm³/mol. The van der Waals surface area contributed by atoms with Crippen molar-refractivity contribution in [3.8, 4) is 0 Å². The number of hydrogen-bond donors (Lipinski definition) is 1. The fourth-order valence-corrected chi connectivity index (χ4v) is 3.88. The second kappa shape index (κ2) is 3.76. The van der Waals surface area contributed by atoms with Gasteiger partial charge in [0.15, 0.2) is 0 Å². The Morgan fingerprint density at radius 1 is 0.952 bits per heavy atom. The molecular formula is C20H15N. The molecule has 2 aromatic rings. The second-order valence-electron chi connectivity index (χ2n) is 5.91. The molecule has 0 bridgehead atoms. The van der Waals surface area contributed by atoms with Crippen LogP contribution in [0.3, 0.4) is 0 Å². The summed E-state index contributed by atoms with van der Waals surface area (Å²) in [5, 5.41) is 6.25. The lowest BCUT2D eigenvalue weighted by Gasteiger charge is -2.33. The second-order valence-corrected chi connectivity index (χ2v) is 5.91. The molecule has 1 aliphatic heterocycles. The molecule has 0 saturated carbocycles. The Hall–Kier alpha value is -2.54. The van der Waals surface area contributed by atoms with Crippen LogP contribution in [0.15, 0.2) is 84.1 Å². The maximum atomic E-state index is 3.65. The highest BCUT2D eigenvalue weighted by Gasteiger charge is 2.45. The standard InChI is InChI=1S/C20H15N/c1-2-7-15-13-18-17(12-14(15)6-1)20-11-4-3-8-16(20)9-5-10-19(20)21-18/h1-4,6-13,21H,5H2. The van der Waals surface area contributed by atoms with Crippen LogP contribution in [0, 0.1) is 0 Å². The maximum absolute atomic E-state index is 3.65. The molecule has 5 rings (SSSR count). The average Bonchev–Trinajstić information content (AvgIpc) is 2.84. The van der Waals surface area contributed by atoms with Crippen LogP contribution >= 0.6 is 0 Å². The molecule has 0 saturated heterocycles. The highest BCUT2D eigenvalue weighted by Crippen LogP contribution is 2.53. The summed E-state index contributed by atoms with van der Waals surface area (Å²) in [6.45, 7) is 0. The van der Waals surface area contributed by atoms with Gasteiger partial charge in [0.25, 0.3) is 0 Å². The third kappa shape index (κ3) is 1.31. The van der Waals surface area contributed by atoms with E-state index in [1.165, 1.54) is 33.3 Å². The molecule has 100 valence electrons. The Bertz CT molecular complexity index is 895. The molecule has 2 aromatic carbocycles. The summed E-state index contributed by atoms with van der Waals surface area (Å²) in [7, 11) is 0. The summed E-state index contributed by atoms with van der Waals surface area (Å²) in [6, 6.07) is 13.2. The van der Waals surface area contributed by atoms with Gasteiger partial charge in [0.1, 0.15) is 0 Å². The summed E-state index contributed by atoms with van der Waals surface area (Å²) in [6.07, 6.45) is 14.6.